The van der Waals surface area contributed by atoms with Crippen LogP contribution >= 0.6 is 0 Å². The Kier molecular flexibility index (Phi) is 7.28. The van der Waals surface area contributed by atoms with Crippen molar-refractivity contribution in [2.24, 2.45) is 0 Å². The van der Waals surface area contributed by atoms with Crippen molar-refractivity contribution in [3.05, 3.63) is 0 Å². The molecular formula is C13H29N3O2S. The van der Waals surface area contributed by atoms with E-state index in [-0.39, 0.29) is 11.8 Å². The molecule has 0 amide bonds. The highest BCUT2D eigenvalue weighted by atomic mass is 32.2. The van der Waals surface area contributed by atoms with E-state index in [9.17, 15) is 8.42 Å². The molecule has 5 nitrogen and oxygen atoms in total. The molecule has 6 heteroatoms. The van der Waals surface area contributed by atoms with E-state index in [2.05, 4.69) is 28.8 Å². The van der Waals surface area contributed by atoms with Gasteiger partial charge in [-0.1, -0.05) is 13.3 Å². The van der Waals surface area contributed by atoms with Gasteiger partial charge in [-0.2, -0.15) is 0 Å². The number of piperidine rings is 1. The van der Waals surface area contributed by atoms with E-state index in [0.29, 0.717) is 12.6 Å². The van der Waals surface area contributed by atoms with Gasteiger partial charge in [0.15, 0.2) is 0 Å². The molecule has 0 spiro atoms. The molecule has 1 fully saturated rings. The van der Waals surface area contributed by atoms with Gasteiger partial charge < -0.3 is 10.2 Å². The minimum absolute atomic E-state index is 0.124. The Balaban J connectivity index is 2.26. The molecular weight excluding hydrogens is 262 g/mol. The Bertz CT molecular complexity index is 340. The second-order valence-corrected chi connectivity index (χ2v) is 7.41. The fourth-order valence-corrected chi connectivity index (χ4v) is 3.63. The molecule has 0 bridgehead atoms. The van der Waals surface area contributed by atoms with Crippen LogP contribution in [0.25, 0.3) is 0 Å². The summed E-state index contributed by atoms with van der Waals surface area (Å²) < 4.78 is 26.6. The van der Waals surface area contributed by atoms with Crippen LogP contribution in [0.2, 0.25) is 0 Å². The standard InChI is InChI=1S/C13H29N3O2S/c1-4-12(2)16(3)10-9-15-19(17,18)11-13-7-5-6-8-14-13/h12-15H,4-11H2,1-3H3. The average molecular weight is 291 g/mol. The summed E-state index contributed by atoms with van der Waals surface area (Å²) in [5, 5.41) is 3.27. The molecule has 2 N–H and O–H groups in total. The molecule has 1 saturated heterocycles. The number of hydrogen-bond acceptors (Lipinski definition) is 4. The smallest absolute Gasteiger partial charge is 0.213 e. The van der Waals surface area contributed by atoms with E-state index in [0.717, 1.165) is 38.8 Å². The van der Waals surface area contributed by atoms with Gasteiger partial charge in [0.05, 0.1) is 5.75 Å². The van der Waals surface area contributed by atoms with Crippen LogP contribution in [-0.4, -0.2) is 57.8 Å². The number of likely N-dealkylation sites (N-methyl/N-ethyl adjacent to an activating group) is 1. The molecule has 1 aliphatic rings. The Morgan fingerprint density at radius 1 is 1.42 bits per heavy atom. The van der Waals surface area contributed by atoms with E-state index in [4.69, 9.17) is 0 Å². The van der Waals surface area contributed by atoms with E-state index in [1.807, 2.05) is 7.05 Å². The lowest BCUT2D eigenvalue weighted by Gasteiger charge is -2.25. The first-order valence-corrected chi connectivity index (χ1v) is 9.01. The van der Waals surface area contributed by atoms with Gasteiger partial charge in [0.1, 0.15) is 0 Å². The summed E-state index contributed by atoms with van der Waals surface area (Å²) in [6.45, 7) is 6.49. The first-order valence-electron chi connectivity index (χ1n) is 7.35. The van der Waals surface area contributed by atoms with E-state index in [1.54, 1.807) is 0 Å². The van der Waals surface area contributed by atoms with Gasteiger partial charge in [-0.25, -0.2) is 13.1 Å². The van der Waals surface area contributed by atoms with Crippen LogP contribution in [0.3, 0.4) is 0 Å². The van der Waals surface area contributed by atoms with E-state index in [1.165, 1.54) is 0 Å². The highest BCUT2D eigenvalue weighted by molar-refractivity contribution is 7.89. The number of nitrogens with zero attached hydrogens (tertiary/aromatic N) is 1. The first-order chi connectivity index (χ1) is 8.94. The van der Waals surface area contributed by atoms with Crippen molar-refractivity contribution in [3.63, 3.8) is 0 Å². The highest BCUT2D eigenvalue weighted by Gasteiger charge is 2.20. The molecule has 19 heavy (non-hydrogen) atoms. The second kappa shape index (κ2) is 8.19. The van der Waals surface area contributed by atoms with Crippen molar-refractivity contribution in [3.8, 4) is 0 Å². The van der Waals surface area contributed by atoms with Crippen molar-refractivity contribution in [1.29, 1.82) is 0 Å². The summed E-state index contributed by atoms with van der Waals surface area (Å²) in [4.78, 5) is 2.18. The van der Waals surface area contributed by atoms with Gasteiger partial charge in [0.2, 0.25) is 10.0 Å². The molecule has 0 aromatic rings. The minimum Gasteiger partial charge on any atom is -0.313 e. The van der Waals surface area contributed by atoms with Crippen molar-refractivity contribution >= 4 is 10.0 Å². The molecule has 0 saturated carbocycles. The largest absolute Gasteiger partial charge is 0.313 e. The third-order valence-corrected chi connectivity index (χ3v) is 5.45. The van der Waals surface area contributed by atoms with Gasteiger partial charge in [-0.15, -0.1) is 0 Å². The zero-order chi connectivity index (χ0) is 14.3. The van der Waals surface area contributed by atoms with Crippen molar-refractivity contribution in [2.75, 3.05) is 32.4 Å². The van der Waals surface area contributed by atoms with Crippen molar-refractivity contribution in [2.45, 2.75) is 51.6 Å². The summed E-state index contributed by atoms with van der Waals surface area (Å²) in [5.41, 5.74) is 0. The van der Waals surface area contributed by atoms with Crippen LogP contribution in [0.5, 0.6) is 0 Å². The van der Waals surface area contributed by atoms with Crippen LogP contribution in [0.1, 0.15) is 39.5 Å². The fourth-order valence-electron chi connectivity index (χ4n) is 2.30. The number of hydrogen-bond donors (Lipinski definition) is 2. The SMILES string of the molecule is CCC(C)N(C)CCNS(=O)(=O)CC1CCCCN1. The molecule has 0 aromatic heterocycles. The highest BCUT2D eigenvalue weighted by Crippen LogP contribution is 2.08. The molecule has 1 heterocycles. The Morgan fingerprint density at radius 3 is 2.74 bits per heavy atom. The molecule has 1 aliphatic heterocycles. The second-order valence-electron chi connectivity index (χ2n) is 5.56. The minimum atomic E-state index is -3.15. The molecule has 0 radical (unpaired) electrons. The predicted molar refractivity (Wildman–Crippen MR) is 79.8 cm³/mol. The fraction of sp³-hybridized carbons (Fsp3) is 1.00. The average Bonchev–Trinajstić information content (AvgIpc) is 2.38. The molecule has 114 valence electrons. The summed E-state index contributed by atoms with van der Waals surface area (Å²) in [5.74, 6) is 0.208. The number of sulfonamides is 1. The Morgan fingerprint density at radius 2 is 2.16 bits per heavy atom. The monoisotopic (exact) mass is 291 g/mol. The maximum absolute atomic E-state index is 12.0. The van der Waals surface area contributed by atoms with Crippen LogP contribution < -0.4 is 10.0 Å². The predicted octanol–water partition coefficient (Wildman–Crippen LogP) is 0.778. The summed E-state index contributed by atoms with van der Waals surface area (Å²) in [7, 11) is -1.12. The zero-order valence-corrected chi connectivity index (χ0v) is 13.3. The third kappa shape index (κ3) is 6.70. The first kappa shape index (κ1) is 16.9. The molecule has 1 rings (SSSR count). The summed E-state index contributed by atoms with van der Waals surface area (Å²) in [6.07, 6.45) is 4.33. The van der Waals surface area contributed by atoms with Crippen LogP contribution in [0.15, 0.2) is 0 Å². The summed E-state index contributed by atoms with van der Waals surface area (Å²) >= 11 is 0. The maximum Gasteiger partial charge on any atom is 0.213 e. The normalized spacial score (nSPS) is 22.6. The lowest BCUT2D eigenvalue weighted by molar-refractivity contribution is 0.256. The lowest BCUT2D eigenvalue weighted by atomic mass is 10.1. The van der Waals surface area contributed by atoms with Gasteiger partial charge in [-0.3, -0.25) is 0 Å². The Hall–Kier alpha value is -0.170. The van der Waals surface area contributed by atoms with Crippen LogP contribution in [0.4, 0.5) is 0 Å². The van der Waals surface area contributed by atoms with Crippen molar-refractivity contribution in [1.82, 2.24) is 14.9 Å². The van der Waals surface area contributed by atoms with E-state index < -0.39 is 10.0 Å². The van der Waals surface area contributed by atoms with Crippen LogP contribution in [-0.2, 0) is 10.0 Å². The van der Waals surface area contributed by atoms with Gasteiger partial charge in [0, 0.05) is 25.2 Å². The zero-order valence-electron chi connectivity index (χ0n) is 12.5. The van der Waals surface area contributed by atoms with Crippen LogP contribution in [0, 0.1) is 0 Å². The van der Waals surface area contributed by atoms with Gasteiger partial charge in [-0.05, 0) is 39.8 Å². The molecule has 0 aliphatic carbocycles. The third-order valence-electron chi connectivity index (χ3n) is 3.96. The van der Waals surface area contributed by atoms with Gasteiger partial charge in [0.25, 0.3) is 0 Å². The maximum atomic E-state index is 12.0. The number of nitrogens with one attached hydrogen (secondary N) is 2. The molecule has 2 atom stereocenters. The number of rotatable bonds is 8. The quantitative estimate of drug-likeness (QED) is 0.694. The van der Waals surface area contributed by atoms with Crippen molar-refractivity contribution < 1.29 is 8.42 Å². The van der Waals surface area contributed by atoms with Gasteiger partial charge >= 0.3 is 0 Å². The lowest BCUT2D eigenvalue weighted by Crippen LogP contribution is -2.44. The molecule has 2 unspecified atom stereocenters. The Labute approximate surface area is 118 Å². The summed E-state index contributed by atoms with van der Waals surface area (Å²) in [6, 6.07) is 0.614. The molecule has 0 aromatic carbocycles. The topological polar surface area (TPSA) is 61.4 Å². The van der Waals surface area contributed by atoms with E-state index >= 15 is 0 Å².